The first-order valence-corrected chi connectivity index (χ1v) is 11.4. The van der Waals surface area contributed by atoms with Crippen molar-refractivity contribution in [1.29, 1.82) is 0 Å². The second-order valence-corrected chi connectivity index (χ2v) is 8.66. The van der Waals surface area contributed by atoms with Gasteiger partial charge in [-0.05, 0) is 42.7 Å². The number of rotatable bonds is 7. The molecule has 0 bridgehead atoms. The largest absolute Gasteiger partial charge is 0.445 e. The Morgan fingerprint density at radius 2 is 1.62 bits per heavy atom. The summed E-state index contributed by atoms with van der Waals surface area (Å²) in [4.78, 5) is 25.4. The molecular weight excluding hydrogens is 408 g/mol. The average molecular weight is 439 g/mol. The Bertz CT molecular complexity index is 884. The monoisotopic (exact) mass is 438 g/mol. The van der Waals surface area contributed by atoms with Gasteiger partial charge in [-0.2, -0.15) is 0 Å². The minimum atomic E-state index is -0.820. The first-order chi connectivity index (χ1) is 15.6. The Balaban J connectivity index is 1.30. The molecular formula is C25H30N2O5. The highest BCUT2D eigenvalue weighted by Gasteiger charge is 2.45. The van der Waals surface area contributed by atoms with Crippen molar-refractivity contribution < 1.29 is 19.2 Å². The maximum absolute atomic E-state index is 12.7. The van der Waals surface area contributed by atoms with E-state index in [-0.39, 0.29) is 24.2 Å². The second-order valence-electron chi connectivity index (χ2n) is 8.66. The van der Waals surface area contributed by atoms with Crippen molar-refractivity contribution in [3.8, 4) is 0 Å². The van der Waals surface area contributed by atoms with Gasteiger partial charge in [-0.1, -0.05) is 60.7 Å². The molecule has 2 fully saturated rings. The SMILES string of the molecule is O=C(OCc1ccccc1)N1CCC([N+](=O)[O-])C1COC1CCC(c2ccccc2)CC1. The van der Waals surface area contributed by atoms with Gasteiger partial charge < -0.3 is 9.47 Å². The molecule has 1 aliphatic heterocycles. The van der Waals surface area contributed by atoms with Crippen molar-refractivity contribution in [1.82, 2.24) is 4.90 Å². The highest BCUT2D eigenvalue weighted by Crippen LogP contribution is 2.34. The maximum atomic E-state index is 12.7. The van der Waals surface area contributed by atoms with E-state index in [1.807, 2.05) is 36.4 Å². The fourth-order valence-corrected chi connectivity index (χ4v) is 4.84. The van der Waals surface area contributed by atoms with Gasteiger partial charge in [-0.25, -0.2) is 4.79 Å². The van der Waals surface area contributed by atoms with E-state index < -0.39 is 18.2 Å². The number of nitro groups is 1. The molecule has 2 aromatic carbocycles. The summed E-state index contributed by atoms with van der Waals surface area (Å²) < 4.78 is 11.6. The third kappa shape index (κ3) is 5.46. The molecule has 2 aromatic rings. The molecule has 0 N–H and O–H groups in total. The number of carbonyl (C=O) groups is 1. The van der Waals surface area contributed by atoms with E-state index in [4.69, 9.17) is 9.47 Å². The summed E-state index contributed by atoms with van der Waals surface area (Å²) in [5.74, 6) is 0.540. The van der Waals surface area contributed by atoms with E-state index in [2.05, 4.69) is 24.3 Å². The van der Waals surface area contributed by atoms with E-state index in [0.717, 1.165) is 31.2 Å². The number of ether oxygens (including phenoxy) is 2. The summed E-state index contributed by atoms with van der Waals surface area (Å²) in [6.07, 6.45) is 3.82. The van der Waals surface area contributed by atoms with E-state index in [1.54, 1.807) is 0 Å². The molecule has 7 nitrogen and oxygen atoms in total. The van der Waals surface area contributed by atoms with Crippen LogP contribution in [0.5, 0.6) is 0 Å². The molecule has 2 unspecified atom stereocenters. The number of nitrogens with zero attached hydrogens (tertiary/aromatic N) is 2. The van der Waals surface area contributed by atoms with Gasteiger partial charge in [0.05, 0.1) is 12.7 Å². The first kappa shape index (κ1) is 22.3. The molecule has 7 heteroatoms. The van der Waals surface area contributed by atoms with Crippen molar-refractivity contribution >= 4 is 6.09 Å². The molecule has 4 rings (SSSR count). The van der Waals surface area contributed by atoms with Crippen LogP contribution in [0.3, 0.4) is 0 Å². The van der Waals surface area contributed by atoms with Gasteiger partial charge in [-0.3, -0.25) is 15.0 Å². The fourth-order valence-electron chi connectivity index (χ4n) is 4.84. The quantitative estimate of drug-likeness (QED) is 0.459. The third-order valence-electron chi connectivity index (χ3n) is 6.67. The van der Waals surface area contributed by atoms with Gasteiger partial charge in [0.25, 0.3) is 0 Å². The fraction of sp³-hybridized carbons (Fsp3) is 0.480. The lowest BCUT2D eigenvalue weighted by molar-refractivity contribution is -0.525. The van der Waals surface area contributed by atoms with Crippen LogP contribution in [0.1, 0.15) is 49.1 Å². The molecule has 0 aromatic heterocycles. The minimum absolute atomic E-state index is 0.0742. The number of likely N-dealkylation sites (tertiary alicyclic amines) is 1. The zero-order chi connectivity index (χ0) is 22.3. The van der Waals surface area contributed by atoms with Gasteiger partial charge in [0.2, 0.25) is 6.04 Å². The molecule has 2 atom stereocenters. The van der Waals surface area contributed by atoms with Gasteiger partial charge in [0.15, 0.2) is 0 Å². The standard InChI is InChI=1S/C25H30N2O5/c28-25(32-17-19-7-3-1-4-8-19)26-16-15-23(27(29)30)24(26)18-31-22-13-11-21(12-14-22)20-9-5-2-6-10-20/h1-10,21-24H,11-18H2. The molecule has 32 heavy (non-hydrogen) atoms. The van der Waals surface area contributed by atoms with Crippen LogP contribution in [-0.2, 0) is 16.1 Å². The molecule has 1 amide bonds. The van der Waals surface area contributed by atoms with Crippen LogP contribution in [0.4, 0.5) is 4.79 Å². The molecule has 0 radical (unpaired) electrons. The van der Waals surface area contributed by atoms with Gasteiger partial charge in [0, 0.05) is 17.9 Å². The molecule has 170 valence electrons. The Labute approximate surface area is 188 Å². The number of hydrogen-bond donors (Lipinski definition) is 0. The van der Waals surface area contributed by atoms with Gasteiger partial charge >= 0.3 is 6.09 Å². The molecule has 1 heterocycles. The van der Waals surface area contributed by atoms with Crippen LogP contribution in [0, 0.1) is 10.1 Å². The summed E-state index contributed by atoms with van der Waals surface area (Å²) in [6, 6.07) is 18.5. The zero-order valence-electron chi connectivity index (χ0n) is 18.2. The topological polar surface area (TPSA) is 81.9 Å². The normalized spacial score (nSPS) is 25.4. The molecule has 1 aliphatic carbocycles. The maximum Gasteiger partial charge on any atom is 0.410 e. The lowest BCUT2D eigenvalue weighted by Gasteiger charge is -2.31. The van der Waals surface area contributed by atoms with E-state index in [1.165, 1.54) is 10.5 Å². The van der Waals surface area contributed by atoms with E-state index in [0.29, 0.717) is 18.9 Å². The van der Waals surface area contributed by atoms with Crippen LogP contribution >= 0.6 is 0 Å². The number of benzene rings is 2. The third-order valence-corrected chi connectivity index (χ3v) is 6.67. The Hall–Kier alpha value is -2.93. The van der Waals surface area contributed by atoms with Crippen molar-refractivity contribution in [2.75, 3.05) is 13.2 Å². The van der Waals surface area contributed by atoms with E-state index in [9.17, 15) is 14.9 Å². The predicted molar refractivity (Wildman–Crippen MR) is 120 cm³/mol. The summed E-state index contributed by atoms with van der Waals surface area (Å²) in [5.41, 5.74) is 2.25. The first-order valence-electron chi connectivity index (χ1n) is 11.4. The Morgan fingerprint density at radius 1 is 0.969 bits per heavy atom. The van der Waals surface area contributed by atoms with Crippen LogP contribution in [0.25, 0.3) is 0 Å². The number of carbonyl (C=O) groups excluding carboxylic acids is 1. The van der Waals surface area contributed by atoms with Crippen molar-refractivity contribution in [3.63, 3.8) is 0 Å². The summed E-state index contributed by atoms with van der Waals surface area (Å²) in [5, 5.41) is 11.6. The lowest BCUT2D eigenvalue weighted by Crippen LogP contribution is -2.46. The highest BCUT2D eigenvalue weighted by atomic mass is 16.6. The number of amides is 1. The minimum Gasteiger partial charge on any atom is -0.445 e. The lowest BCUT2D eigenvalue weighted by atomic mass is 9.83. The van der Waals surface area contributed by atoms with Crippen LogP contribution in [-0.4, -0.2) is 47.3 Å². The smallest absolute Gasteiger partial charge is 0.410 e. The second kappa shape index (κ2) is 10.6. The van der Waals surface area contributed by atoms with Crippen molar-refractivity contribution in [3.05, 3.63) is 81.9 Å². The Morgan fingerprint density at radius 3 is 2.28 bits per heavy atom. The molecule has 1 saturated heterocycles. The van der Waals surface area contributed by atoms with Crippen LogP contribution in [0.2, 0.25) is 0 Å². The summed E-state index contributed by atoms with van der Waals surface area (Å²) in [6.45, 7) is 0.636. The molecule has 2 aliphatic rings. The number of hydrogen-bond acceptors (Lipinski definition) is 5. The summed E-state index contributed by atoms with van der Waals surface area (Å²) >= 11 is 0. The van der Waals surface area contributed by atoms with Gasteiger partial charge in [-0.15, -0.1) is 0 Å². The van der Waals surface area contributed by atoms with Crippen LogP contribution < -0.4 is 0 Å². The zero-order valence-corrected chi connectivity index (χ0v) is 18.2. The van der Waals surface area contributed by atoms with E-state index >= 15 is 0 Å². The van der Waals surface area contributed by atoms with Crippen LogP contribution in [0.15, 0.2) is 60.7 Å². The molecule has 1 saturated carbocycles. The van der Waals surface area contributed by atoms with Crippen molar-refractivity contribution in [2.45, 2.75) is 62.8 Å². The molecule has 0 spiro atoms. The summed E-state index contributed by atoms with van der Waals surface area (Å²) in [7, 11) is 0. The average Bonchev–Trinajstić information content (AvgIpc) is 3.27. The van der Waals surface area contributed by atoms with Gasteiger partial charge in [0.1, 0.15) is 12.6 Å². The predicted octanol–water partition coefficient (Wildman–Crippen LogP) is 4.79. The highest BCUT2D eigenvalue weighted by molar-refractivity contribution is 5.68. The Kier molecular flexibility index (Phi) is 7.37. The van der Waals surface area contributed by atoms with Crippen molar-refractivity contribution in [2.24, 2.45) is 0 Å².